The van der Waals surface area contributed by atoms with E-state index in [9.17, 15) is 0 Å². The van der Waals surface area contributed by atoms with Crippen LogP contribution in [0.1, 0.15) is 19.4 Å². The largest absolute Gasteiger partial charge is 0.383 e. The second-order valence-electron chi connectivity index (χ2n) is 5.38. The smallest absolute Gasteiger partial charge is 0.148 e. The van der Waals surface area contributed by atoms with Gasteiger partial charge in [-0.05, 0) is 23.5 Å². The van der Waals surface area contributed by atoms with Gasteiger partial charge in [0.25, 0.3) is 0 Å². The van der Waals surface area contributed by atoms with Crippen LogP contribution < -0.4 is 5.32 Å². The number of hydrogen-bond donors (Lipinski definition) is 2. The zero-order valence-electron chi connectivity index (χ0n) is 12.4. The zero-order chi connectivity index (χ0) is 14.4. The molecule has 20 heavy (non-hydrogen) atoms. The Morgan fingerprint density at radius 1 is 1.25 bits per heavy atom. The van der Waals surface area contributed by atoms with Crippen LogP contribution in [-0.4, -0.2) is 30.5 Å². The molecular weight excluding hydrogens is 250 g/mol. The van der Waals surface area contributed by atoms with Gasteiger partial charge in [0.2, 0.25) is 0 Å². The van der Waals surface area contributed by atoms with Gasteiger partial charge in [-0.25, -0.2) is 0 Å². The van der Waals surface area contributed by atoms with E-state index < -0.39 is 0 Å². The van der Waals surface area contributed by atoms with Crippen LogP contribution in [0.4, 0.5) is 5.82 Å². The molecule has 2 rings (SSSR count). The molecule has 0 fully saturated rings. The van der Waals surface area contributed by atoms with Gasteiger partial charge in [0.15, 0.2) is 0 Å². The summed E-state index contributed by atoms with van der Waals surface area (Å²) in [6, 6.07) is 10.7. The van der Waals surface area contributed by atoms with Crippen molar-refractivity contribution in [2.24, 2.45) is 5.92 Å². The maximum Gasteiger partial charge on any atom is 0.148 e. The number of methoxy groups -OCH3 is 1. The van der Waals surface area contributed by atoms with E-state index in [1.165, 1.54) is 5.56 Å². The first-order valence-corrected chi connectivity index (χ1v) is 7.06. The molecule has 0 radical (unpaired) electrons. The Morgan fingerprint density at radius 3 is 2.65 bits per heavy atom. The summed E-state index contributed by atoms with van der Waals surface area (Å²) in [5.74, 6) is 1.54. The summed E-state index contributed by atoms with van der Waals surface area (Å²) in [6.07, 6.45) is 1.12. The third kappa shape index (κ3) is 4.10. The molecule has 2 N–H and O–H groups in total. The second-order valence-corrected chi connectivity index (χ2v) is 5.38. The number of benzene rings is 1. The topological polar surface area (TPSA) is 49.9 Å². The van der Waals surface area contributed by atoms with Crippen molar-refractivity contribution in [2.45, 2.75) is 20.3 Å². The average Bonchev–Trinajstić information content (AvgIpc) is 2.88. The first kappa shape index (κ1) is 14.6. The van der Waals surface area contributed by atoms with E-state index in [0.717, 1.165) is 30.0 Å². The van der Waals surface area contributed by atoms with Crippen molar-refractivity contribution in [1.82, 2.24) is 10.2 Å². The van der Waals surface area contributed by atoms with E-state index in [-0.39, 0.29) is 0 Å². The lowest BCUT2D eigenvalue weighted by Gasteiger charge is -2.05. The minimum Gasteiger partial charge on any atom is -0.383 e. The number of anilines is 1. The number of rotatable bonds is 7. The highest BCUT2D eigenvalue weighted by molar-refractivity contribution is 5.62. The van der Waals surface area contributed by atoms with Crippen molar-refractivity contribution in [2.75, 3.05) is 25.6 Å². The number of ether oxygens (including phenoxy) is 1. The van der Waals surface area contributed by atoms with Gasteiger partial charge >= 0.3 is 0 Å². The first-order chi connectivity index (χ1) is 9.69. The predicted molar refractivity (Wildman–Crippen MR) is 82.9 cm³/mol. The fourth-order valence-corrected chi connectivity index (χ4v) is 2.13. The van der Waals surface area contributed by atoms with Crippen LogP contribution in [0.25, 0.3) is 11.3 Å². The highest BCUT2D eigenvalue weighted by Gasteiger charge is 2.04. The molecule has 1 aromatic heterocycles. The Morgan fingerprint density at radius 2 is 2.00 bits per heavy atom. The lowest BCUT2D eigenvalue weighted by molar-refractivity contribution is 0.210. The van der Waals surface area contributed by atoms with Crippen LogP contribution in [0.5, 0.6) is 0 Å². The van der Waals surface area contributed by atoms with E-state index in [4.69, 9.17) is 4.74 Å². The van der Waals surface area contributed by atoms with Crippen LogP contribution in [-0.2, 0) is 11.2 Å². The minimum absolute atomic E-state index is 0.673. The molecule has 0 bridgehead atoms. The Labute approximate surface area is 120 Å². The van der Waals surface area contributed by atoms with Crippen LogP contribution in [0.2, 0.25) is 0 Å². The van der Waals surface area contributed by atoms with E-state index in [2.05, 4.69) is 53.6 Å². The molecular formula is C16H23N3O. The number of H-pyrrole nitrogens is 1. The SMILES string of the molecule is COCCNc1cc(-c2ccc(CC(C)C)cc2)[nH]n1. The summed E-state index contributed by atoms with van der Waals surface area (Å²) < 4.78 is 5.00. The van der Waals surface area contributed by atoms with Crippen molar-refractivity contribution >= 4 is 5.82 Å². The molecule has 0 atom stereocenters. The van der Waals surface area contributed by atoms with Gasteiger partial charge in [-0.2, -0.15) is 5.10 Å². The lowest BCUT2D eigenvalue weighted by Crippen LogP contribution is -2.07. The normalized spacial score (nSPS) is 11.0. The monoisotopic (exact) mass is 273 g/mol. The highest BCUT2D eigenvalue weighted by atomic mass is 16.5. The quantitative estimate of drug-likeness (QED) is 0.761. The van der Waals surface area contributed by atoms with E-state index in [1.807, 2.05) is 6.07 Å². The van der Waals surface area contributed by atoms with E-state index in [0.29, 0.717) is 12.5 Å². The van der Waals surface area contributed by atoms with E-state index >= 15 is 0 Å². The molecule has 108 valence electrons. The maximum atomic E-state index is 5.00. The Balaban J connectivity index is 2.00. The lowest BCUT2D eigenvalue weighted by atomic mass is 10.0. The van der Waals surface area contributed by atoms with Gasteiger partial charge in [-0.3, -0.25) is 5.10 Å². The summed E-state index contributed by atoms with van der Waals surface area (Å²) >= 11 is 0. The molecule has 4 heteroatoms. The van der Waals surface area contributed by atoms with Gasteiger partial charge in [0.1, 0.15) is 5.82 Å². The van der Waals surface area contributed by atoms with Gasteiger partial charge in [0, 0.05) is 19.7 Å². The summed E-state index contributed by atoms with van der Waals surface area (Å²) in [5.41, 5.74) is 3.56. The number of nitrogens with zero attached hydrogens (tertiary/aromatic N) is 1. The maximum absolute atomic E-state index is 5.00. The average molecular weight is 273 g/mol. The van der Waals surface area contributed by atoms with Gasteiger partial charge in [-0.1, -0.05) is 38.1 Å². The van der Waals surface area contributed by atoms with Crippen LogP contribution in [0.3, 0.4) is 0 Å². The molecule has 4 nitrogen and oxygen atoms in total. The van der Waals surface area contributed by atoms with Gasteiger partial charge < -0.3 is 10.1 Å². The van der Waals surface area contributed by atoms with Crippen molar-refractivity contribution in [1.29, 1.82) is 0 Å². The summed E-state index contributed by atoms with van der Waals surface area (Å²) in [6.45, 7) is 5.90. The Hall–Kier alpha value is -1.81. The first-order valence-electron chi connectivity index (χ1n) is 7.06. The standard InChI is InChI=1S/C16H23N3O/c1-12(2)10-13-4-6-14(7-5-13)15-11-16(19-18-15)17-8-9-20-3/h4-7,11-12H,8-10H2,1-3H3,(H2,17,18,19). The van der Waals surface area contributed by atoms with Crippen molar-refractivity contribution < 1.29 is 4.74 Å². The molecule has 0 saturated heterocycles. The molecule has 0 aliphatic rings. The minimum atomic E-state index is 0.673. The number of aromatic nitrogens is 2. The molecule has 0 aliphatic heterocycles. The Kier molecular flexibility index (Phi) is 5.18. The third-order valence-electron chi connectivity index (χ3n) is 3.10. The molecule has 0 unspecified atom stereocenters. The fourth-order valence-electron chi connectivity index (χ4n) is 2.13. The third-order valence-corrected chi connectivity index (χ3v) is 3.10. The summed E-state index contributed by atoms with van der Waals surface area (Å²) in [5, 5.41) is 10.5. The van der Waals surface area contributed by atoms with Crippen LogP contribution in [0, 0.1) is 5.92 Å². The molecule has 0 spiro atoms. The highest BCUT2D eigenvalue weighted by Crippen LogP contribution is 2.21. The molecule has 1 heterocycles. The number of aromatic amines is 1. The summed E-state index contributed by atoms with van der Waals surface area (Å²) in [4.78, 5) is 0. The molecule has 0 aliphatic carbocycles. The molecule has 2 aromatic rings. The van der Waals surface area contributed by atoms with Gasteiger partial charge in [-0.15, -0.1) is 0 Å². The summed E-state index contributed by atoms with van der Waals surface area (Å²) in [7, 11) is 1.69. The van der Waals surface area contributed by atoms with Crippen molar-refractivity contribution in [3.63, 3.8) is 0 Å². The fraction of sp³-hybridized carbons (Fsp3) is 0.438. The van der Waals surface area contributed by atoms with E-state index in [1.54, 1.807) is 7.11 Å². The van der Waals surface area contributed by atoms with Crippen molar-refractivity contribution in [3.8, 4) is 11.3 Å². The van der Waals surface area contributed by atoms with Crippen LogP contribution >= 0.6 is 0 Å². The molecule has 0 amide bonds. The van der Waals surface area contributed by atoms with Gasteiger partial charge in [0.05, 0.1) is 12.3 Å². The predicted octanol–water partition coefficient (Wildman–Crippen LogP) is 3.33. The molecule has 0 saturated carbocycles. The Bertz CT molecular complexity index is 517. The number of nitrogens with one attached hydrogen (secondary N) is 2. The van der Waals surface area contributed by atoms with Crippen LogP contribution in [0.15, 0.2) is 30.3 Å². The zero-order valence-corrected chi connectivity index (χ0v) is 12.4. The number of hydrogen-bond acceptors (Lipinski definition) is 3. The van der Waals surface area contributed by atoms with Crippen molar-refractivity contribution in [3.05, 3.63) is 35.9 Å². The molecule has 1 aromatic carbocycles. The second kappa shape index (κ2) is 7.10.